The van der Waals surface area contributed by atoms with E-state index in [4.69, 9.17) is 52.6 Å². The number of fused-ring (bicyclic) bond motifs is 4. The van der Waals surface area contributed by atoms with E-state index < -0.39 is 22.5 Å². The van der Waals surface area contributed by atoms with Crippen LogP contribution in [0.2, 0.25) is 39.3 Å². The molecule has 1 aliphatic rings. The Kier molecular flexibility index (Phi) is 39.8. The maximum absolute atomic E-state index is 13.6. The molecule has 35 nitrogen and oxygen atoms in total. The molecule has 0 atom stereocenters. The Morgan fingerprint density at radius 3 is 1.29 bits per heavy atom. The van der Waals surface area contributed by atoms with Crippen LogP contribution in [0.4, 0.5) is 53.0 Å². The van der Waals surface area contributed by atoms with Crippen molar-refractivity contribution >= 4 is 198 Å². The van der Waals surface area contributed by atoms with Gasteiger partial charge in [0.15, 0.2) is 48.7 Å². The Morgan fingerprint density at radius 2 is 0.869 bits per heavy atom. The lowest BCUT2D eigenvalue weighted by Crippen LogP contribution is -2.41. The number of nitrogens with zero attached hydrogens (tertiary/aromatic N) is 21. The van der Waals surface area contributed by atoms with Crippen molar-refractivity contribution in [1.29, 1.82) is 0 Å². The summed E-state index contributed by atoms with van der Waals surface area (Å²) in [5.41, 5.74) is 44.4. The lowest BCUT2D eigenvalue weighted by atomic mass is 9.80. The van der Waals surface area contributed by atoms with E-state index in [-0.39, 0.29) is 114 Å². The number of rotatable bonds is 19. The molecule has 0 aliphatic carbocycles. The van der Waals surface area contributed by atoms with Crippen LogP contribution < -0.4 is 50.5 Å². The highest BCUT2D eigenvalue weighted by Crippen LogP contribution is 2.40. The molecule has 0 bridgehead atoms. The van der Waals surface area contributed by atoms with Crippen LogP contribution in [0.25, 0.3) is 78.7 Å². The number of carboxylic acid groups (broad SMARTS) is 1. The predicted octanol–water partition coefficient (Wildman–Crippen LogP) is 21.2. The summed E-state index contributed by atoms with van der Waals surface area (Å²) in [7, 11) is -3.08. The van der Waals surface area contributed by atoms with Gasteiger partial charge in [0.05, 0.1) is 121 Å². The summed E-state index contributed by atoms with van der Waals surface area (Å²) >= 11 is 16.4. The number of carboxylic acids is 1. The first-order valence-corrected chi connectivity index (χ1v) is 55.8. The second-order valence-corrected chi connectivity index (χ2v) is 49.9. The normalized spacial score (nSPS) is 12.3. The number of halogens is 7. The number of aliphatic carboxylic acids is 1. The molecule has 762 valence electrons. The van der Waals surface area contributed by atoms with Crippen molar-refractivity contribution in [3.05, 3.63) is 271 Å². The fourth-order valence-electron chi connectivity index (χ4n) is 13.5. The van der Waals surface area contributed by atoms with Crippen LogP contribution in [0.15, 0.2) is 198 Å². The van der Waals surface area contributed by atoms with Crippen LogP contribution in [-0.2, 0) is 49.0 Å². The number of benzene rings is 4. The Bertz CT molecular complexity index is 7500. The van der Waals surface area contributed by atoms with E-state index in [1.807, 2.05) is 109 Å². The quantitative estimate of drug-likeness (QED) is 0.00906. The van der Waals surface area contributed by atoms with Crippen molar-refractivity contribution in [2.24, 2.45) is 10.5 Å². The van der Waals surface area contributed by atoms with E-state index in [1.54, 1.807) is 93.5 Å². The van der Waals surface area contributed by atoms with E-state index in [0.29, 0.717) is 106 Å². The molecule has 0 radical (unpaired) electrons. The molecule has 1 fully saturated rings. The van der Waals surface area contributed by atoms with Gasteiger partial charge in [0.2, 0.25) is 38.0 Å². The van der Waals surface area contributed by atoms with Gasteiger partial charge >= 0.3 is 13.1 Å². The number of nitrogens with two attached hydrogens (primary N) is 5. The van der Waals surface area contributed by atoms with Crippen molar-refractivity contribution in [2.45, 2.75) is 168 Å². The monoisotopic (exact) mass is 2280 g/mol. The number of pyridine rings is 2. The molecule has 19 rings (SSSR count). The highest BCUT2D eigenvalue weighted by Gasteiger charge is 2.52. The van der Waals surface area contributed by atoms with E-state index in [0.717, 1.165) is 76.3 Å². The van der Waals surface area contributed by atoms with E-state index in [1.165, 1.54) is 75.7 Å². The SMILES string of the molecule is C.C.C.C.CC(=N[Si](C)(C)C)O[Si](C)(C)C.CC1(C)OB(c2ccc3nccn3c2)OC1(C)C.Cc1nc(CC(=O)NNc2nc(N)nc(-c3ccc(F)cc3)c2Br)cs1.Cc1nc(CC(=O)O)cs1.Cc1nc(Cc2nc3c(-c4ccc5nccn5c4)c(-c4ccc(F)cc4)nc(N)n3n2)cs1.Cc1nc(Cc2nc3c(Br)c(-c4ccc(F)cc4)nc(N)n3n2)cs1.NNc1nc(N)nc(-c2ccc(F)cc2)c1Br. The number of carbonyl (C=O) groups excluding carboxylic acids is 1. The van der Waals surface area contributed by atoms with Gasteiger partial charge in [0.1, 0.15) is 34.6 Å². The fourth-order valence-corrected chi connectivity index (χ4v) is 19.6. The lowest BCUT2D eigenvalue weighted by Gasteiger charge is -2.32. The average molecular weight is 2280 g/mol. The summed E-state index contributed by atoms with van der Waals surface area (Å²) in [6.07, 6.45) is 12.4. The van der Waals surface area contributed by atoms with E-state index in [9.17, 15) is 27.2 Å². The van der Waals surface area contributed by atoms with Crippen LogP contribution >= 0.6 is 93.1 Å². The van der Waals surface area contributed by atoms with Gasteiger partial charge in [0.25, 0.3) is 0 Å². The number of nitrogens with one attached hydrogen (secondary N) is 3. The third kappa shape index (κ3) is 30.9. The zero-order valence-corrected chi connectivity index (χ0v) is 88.8. The minimum Gasteiger partial charge on any atom is -0.535 e. The number of hydrogen-bond acceptors (Lipinski definition) is 33. The maximum atomic E-state index is 13.6. The Morgan fingerprint density at radius 1 is 0.490 bits per heavy atom. The third-order valence-corrected chi connectivity index (χ3v) is 27.7. The fraction of sp³-hybridized carbons (Fsp3) is 0.260. The van der Waals surface area contributed by atoms with E-state index in [2.05, 4.69) is 211 Å². The Hall–Kier alpha value is -13.2. The molecule has 0 spiro atoms. The minimum absolute atomic E-state index is 0. The summed E-state index contributed by atoms with van der Waals surface area (Å²) in [4.78, 5) is 82.5. The zero-order chi connectivity index (χ0) is 102. The van der Waals surface area contributed by atoms with Crippen molar-refractivity contribution in [3.63, 3.8) is 0 Å². The molecule has 18 aromatic rings. The average Bonchev–Trinajstić information content (AvgIpc) is 1.59. The summed E-state index contributed by atoms with van der Waals surface area (Å²) in [6, 6.07) is 31.8. The van der Waals surface area contributed by atoms with Crippen LogP contribution in [0.1, 0.15) is 119 Å². The van der Waals surface area contributed by atoms with Gasteiger partial charge < -0.3 is 56.0 Å². The number of anilines is 6. The number of carbonyl (C=O) groups is 2. The van der Waals surface area contributed by atoms with Crippen molar-refractivity contribution in [3.8, 4) is 56.2 Å². The minimum atomic E-state index is -1.43. The van der Waals surface area contributed by atoms with Crippen molar-refractivity contribution < 1.29 is 46.0 Å². The standard InChI is InChI=1S/C23H17FN8S.C16H14BrFN6OS.C16H12BrFN6S.C13H17BN2O2.C10H9BrFN5.C8H21NOSi2.C6H7NO2S.4CH4/c1-13-27-17(12-33-13)10-18-28-22-20(15-4-7-19-26-8-9-31(19)11-15)21(29-23(25)32(22)30-18)14-2-5-16(24)6-3-14;1-8-20-11(7-26-8)6-12(25)23-24-15-13(17)14(21-16(19)22-15)9-2-4-10(18)5-3-9;1-8-20-11(7-25-8)6-12-21-15-13(17)14(22-16(19)24(15)23-12)9-2-4-10(18)5-3-9;1-12(2)13(3,4)18-14(17-12)10-5-6-11-15-7-8-16(11)9-10;11-7-8(5-1-3-6(12)4-2-5)15-10(13)16-9(7)17-14;1-8(9-11(2,3)4)10-12(5,6)7;1-4-7-5(3-10-4)2-6(8)9;;;;/h2-9,11-12H,10H2,1H3,(H2,25,29);2-5,7H,6H2,1H3,(H,23,25)(H3,19,21,22,24);2-5,7H,6H2,1H3,(H2,19,22);5-9H,1-4H3;1-4H,14H2,(H3,13,15,16,17);1-7H3;3H,2H2,1H3,(H,8,9);4*1H4. The number of amides is 1. The smallest absolute Gasteiger partial charge is 0.496 e. The zero-order valence-electron chi connectivity index (χ0n) is 78.8. The lowest BCUT2D eigenvalue weighted by molar-refractivity contribution is -0.136. The Labute approximate surface area is 880 Å². The molecule has 0 saturated carbocycles. The van der Waals surface area contributed by atoms with Crippen molar-refractivity contribution in [2.75, 3.05) is 33.8 Å². The molecular formula is C96H113BBr3F4N29O6S4Si2. The number of aromatic nitrogens is 20. The summed E-state index contributed by atoms with van der Waals surface area (Å²) in [5.74, 6) is 6.16. The molecule has 1 amide bonds. The topological polar surface area (TPSA) is 484 Å². The first kappa shape index (κ1) is 115. The molecular weight excluding hydrogens is 2170 g/mol. The largest absolute Gasteiger partial charge is 0.535 e. The molecule has 1 saturated heterocycles. The third-order valence-electron chi connectivity index (χ3n) is 20.3. The number of hydrogen-bond donors (Lipinski definition) is 9. The van der Waals surface area contributed by atoms with Gasteiger partial charge in [0, 0.05) is 93.4 Å². The number of aryl methyl sites for hydroxylation is 4. The first-order chi connectivity index (χ1) is 66.8. The molecule has 145 heavy (non-hydrogen) atoms. The van der Waals surface area contributed by atoms with Gasteiger partial charge in [-0.25, -0.2) is 83.2 Å². The summed E-state index contributed by atoms with van der Waals surface area (Å²) in [6.45, 7) is 31.0. The number of thiazole rings is 4. The second kappa shape index (κ2) is 50.1. The molecule has 4 aromatic carbocycles. The van der Waals surface area contributed by atoms with Gasteiger partial charge in [-0.05, 0) is 263 Å². The van der Waals surface area contributed by atoms with Gasteiger partial charge in [-0.2, -0.15) is 19.0 Å². The van der Waals surface area contributed by atoms with Crippen LogP contribution in [0.5, 0.6) is 0 Å². The van der Waals surface area contributed by atoms with Crippen molar-refractivity contribution in [1.82, 2.24) is 103 Å². The molecule has 14 N–H and O–H groups in total. The van der Waals surface area contributed by atoms with Crippen LogP contribution in [0.3, 0.4) is 0 Å². The van der Waals surface area contributed by atoms with Gasteiger partial charge in [-0.15, -0.1) is 55.5 Å². The maximum Gasteiger partial charge on any atom is 0.496 e. The second-order valence-electron chi connectivity index (χ2n) is 34.3. The highest BCUT2D eigenvalue weighted by atomic mass is 79.9. The number of imidazole rings is 2. The van der Waals surface area contributed by atoms with E-state index >= 15 is 0 Å². The van der Waals surface area contributed by atoms with Crippen LogP contribution in [0, 0.1) is 51.0 Å². The van der Waals surface area contributed by atoms with Crippen LogP contribution in [-0.4, -0.2) is 156 Å². The van der Waals surface area contributed by atoms with Gasteiger partial charge in [-0.1, -0.05) is 35.8 Å². The number of hydrazine groups is 2. The Balaban J connectivity index is 0.000000193. The molecule has 0 unspecified atom stereocenters. The summed E-state index contributed by atoms with van der Waals surface area (Å²) < 4.78 is 83.7. The highest BCUT2D eigenvalue weighted by molar-refractivity contribution is 9.11. The predicted molar refractivity (Wildman–Crippen MR) is 588 cm³/mol. The number of nitrogen functional groups attached to an aromatic ring is 5. The first-order valence-electron chi connectivity index (χ1n) is 43.1. The summed E-state index contributed by atoms with van der Waals surface area (Å²) in [5, 5.41) is 28.8. The molecule has 15 heterocycles. The van der Waals surface area contributed by atoms with Gasteiger partial charge in [-0.3, -0.25) is 25.1 Å². The molecule has 14 aromatic heterocycles. The molecule has 49 heteroatoms. The molecule has 1 aliphatic heterocycles.